The second-order valence-corrected chi connectivity index (χ2v) is 9.16. The van der Waals surface area contributed by atoms with Gasteiger partial charge in [-0.05, 0) is 54.9 Å². The van der Waals surface area contributed by atoms with Gasteiger partial charge in [-0.2, -0.15) is 10.4 Å². The van der Waals surface area contributed by atoms with E-state index in [1.165, 1.54) is 5.56 Å². The number of rotatable bonds is 5. The third-order valence-corrected chi connectivity index (χ3v) is 7.41. The van der Waals surface area contributed by atoms with Crippen LogP contribution >= 0.6 is 0 Å². The standard InChI is InChI=1S/C28H27N3O2/c1-18-24-13-12-23-25(20-9-5-7-19(15-20)8-6-14-32)30-31-27(23)28(24,16-21(17-29)26(18)33)22-10-3-2-4-11-22/h2-5,7,9-11,15-16,18,24,32H,6,8,12-14H2,1H3,(H,30,31). The highest BCUT2D eigenvalue weighted by Gasteiger charge is 2.53. The Bertz CT molecular complexity index is 1270. The molecule has 2 N–H and O–H groups in total. The molecule has 166 valence electrons. The van der Waals surface area contributed by atoms with Crippen molar-refractivity contribution in [3.8, 4) is 17.3 Å². The van der Waals surface area contributed by atoms with Crippen LogP contribution in [0, 0.1) is 23.2 Å². The number of benzene rings is 2. The molecule has 0 amide bonds. The summed E-state index contributed by atoms with van der Waals surface area (Å²) < 4.78 is 0. The van der Waals surface area contributed by atoms with Crippen LogP contribution in [0.25, 0.3) is 11.3 Å². The van der Waals surface area contributed by atoms with Crippen molar-refractivity contribution in [2.24, 2.45) is 11.8 Å². The number of ketones is 1. The first kappa shape index (κ1) is 21.4. The first-order chi connectivity index (χ1) is 16.1. The highest BCUT2D eigenvalue weighted by Crippen LogP contribution is 2.54. The average molecular weight is 438 g/mol. The van der Waals surface area contributed by atoms with Crippen molar-refractivity contribution in [3.05, 3.63) is 88.6 Å². The van der Waals surface area contributed by atoms with E-state index in [0.717, 1.165) is 53.8 Å². The number of carbonyl (C=O) groups is 1. The smallest absolute Gasteiger partial charge is 0.176 e. The number of aryl methyl sites for hydroxylation is 1. The Labute approximate surface area is 193 Å². The van der Waals surface area contributed by atoms with Crippen LogP contribution in [0.3, 0.4) is 0 Å². The molecule has 5 rings (SSSR count). The Morgan fingerprint density at radius 1 is 1.21 bits per heavy atom. The van der Waals surface area contributed by atoms with Crippen molar-refractivity contribution < 1.29 is 9.90 Å². The average Bonchev–Trinajstić information content (AvgIpc) is 3.30. The number of aliphatic hydroxyl groups excluding tert-OH is 1. The minimum Gasteiger partial charge on any atom is -0.396 e. The van der Waals surface area contributed by atoms with Crippen molar-refractivity contribution in [1.82, 2.24) is 10.2 Å². The predicted octanol–water partition coefficient (Wildman–Crippen LogP) is 4.52. The van der Waals surface area contributed by atoms with Crippen molar-refractivity contribution in [2.75, 3.05) is 6.61 Å². The van der Waals surface area contributed by atoms with Crippen LogP contribution in [0.5, 0.6) is 0 Å². The lowest BCUT2D eigenvalue weighted by molar-refractivity contribution is -0.121. The number of hydrogen-bond donors (Lipinski definition) is 2. The molecule has 3 aromatic rings. The molecule has 1 heterocycles. The molecule has 3 unspecified atom stereocenters. The molecule has 2 aliphatic carbocycles. The maximum absolute atomic E-state index is 12.9. The van der Waals surface area contributed by atoms with E-state index in [0.29, 0.717) is 0 Å². The molecule has 5 heteroatoms. The highest BCUT2D eigenvalue weighted by molar-refractivity contribution is 6.02. The summed E-state index contributed by atoms with van der Waals surface area (Å²) in [7, 11) is 0. The van der Waals surface area contributed by atoms with Crippen molar-refractivity contribution in [2.45, 2.75) is 38.0 Å². The van der Waals surface area contributed by atoms with Gasteiger partial charge in [0.25, 0.3) is 0 Å². The summed E-state index contributed by atoms with van der Waals surface area (Å²) in [5.41, 5.74) is 6.02. The molecule has 0 saturated carbocycles. The zero-order chi connectivity index (χ0) is 23.0. The molecule has 2 aromatic carbocycles. The minimum absolute atomic E-state index is 0.0454. The molecule has 0 radical (unpaired) electrons. The van der Waals surface area contributed by atoms with E-state index in [9.17, 15) is 15.2 Å². The first-order valence-electron chi connectivity index (χ1n) is 11.6. The Morgan fingerprint density at radius 3 is 2.79 bits per heavy atom. The fraction of sp³-hybridized carbons (Fsp3) is 0.321. The van der Waals surface area contributed by atoms with Gasteiger partial charge in [0.05, 0.1) is 22.4 Å². The molecule has 5 nitrogen and oxygen atoms in total. The van der Waals surface area contributed by atoms with Crippen LogP contribution in [-0.2, 0) is 23.1 Å². The number of aromatic amines is 1. The van der Waals surface area contributed by atoms with Crippen LogP contribution in [0.2, 0.25) is 0 Å². The topological polar surface area (TPSA) is 89.8 Å². The van der Waals surface area contributed by atoms with Gasteiger partial charge in [-0.3, -0.25) is 9.89 Å². The molecule has 0 spiro atoms. The van der Waals surface area contributed by atoms with Gasteiger partial charge in [-0.1, -0.05) is 55.5 Å². The second-order valence-electron chi connectivity index (χ2n) is 9.16. The zero-order valence-electron chi connectivity index (χ0n) is 18.7. The van der Waals surface area contributed by atoms with Crippen molar-refractivity contribution in [1.29, 1.82) is 5.26 Å². The second kappa shape index (κ2) is 8.46. The largest absolute Gasteiger partial charge is 0.396 e. The summed E-state index contributed by atoms with van der Waals surface area (Å²) in [4.78, 5) is 12.9. The Balaban J connectivity index is 1.71. The van der Waals surface area contributed by atoms with Crippen molar-refractivity contribution >= 4 is 5.78 Å². The lowest BCUT2D eigenvalue weighted by atomic mass is 9.54. The lowest BCUT2D eigenvalue weighted by Gasteiger charge is -2.47. The van der Waals surface area contributed by atoms with Crippen LogP contribution in [0.4, 0.5) is 0 Å². The van der Waals surface area contributed by atoms with Gasteiger partial charge in [0.1, 0.15) is 6.07 Å². The molecule has 0 aliphatic heterocycles. The molecular formula is C28H27N3O2. The van der Waals surface area contributed by atoms with Crippen LogP contribution in [0.15, 0.2) is 66.2 Å². The van der Waals surface area contributed by atoms with Crippen LogP contribution in [0.1, 0.15) is 42.1 Å². The highest BCUT2D eigenvalue weighted by atomic mass is 16.2. The normalized spacial score (nSPS) is 23.9. The monoisotopic (exact) mass is 437 g/mol. The van der Waals surface area contributed by atoms with Gasteiger partial charge in [0, 0.05) is 23.7 Å². The summed E-state index contributed by atoms with van der Waals surface area (Å²) in [5, 5.41) is 27.1. The number of nitriles is 1. The molecule has 2 aliphatic rings. The maximum Gasteiger partial charge on any atom is 0.176 e. The van der Waals surface area contributed by atoms with E-state index in [-0.39, 0.29) is 29.8 Å². The summed E-state index contributed by atoms with van der Waals surface area (Å²) in [6, 6.07) is 20.7. The summed E-state index contributed by atoms with van der Waals surface area (Å²) in [5.74, 6) is -0.270. The molecule has 33 heavy (non-hydrogen) atoms. The maximum atomic E-state index is 12.9. The van der Waals surface area contributed by atoms with Crippen LogP contribution < -0.4 is 0 Å². The summed E-state index contributed by atoms with van der Waals surface area (Å²) >= 11 is 0. The van der Waals surface area contributed by atoms with Crippen molar-refractivity contribution in [3.63, 3.8) is 0 Å². The SMILES string of the molecule is CC1C(=O)C(C#N)=CC2(c3ccccc3)c3n[nH]c(-c4cccc(CCCO)c4)c3CCC12. The summed E-state index contributed by atoms with van der Waals surface area (Å²) in [6.45, 7) is 2.13. The van der Waals surface area contributed by atoms with Gasteiger partial charge in [0.2, 0.25) is 0 Å². The van der Waals surface area contributed by atoms with Gasteiger partial charge < -0.3 is 5.11 Å². The molecule has 0 saturated heterocycles. The van der Waals surface area contributed by atoms with Gasteiger partial charge in [0.15, 0.2) is 5.78 Å². The molecule has 1 aromatic heterocycles. The number of H-pyrrole nitrogens is 1. The number of aromatic nitrogens is 2. The first-order valence-corrected chi connectivity index (χ1v) is 11.6. The minimum atomic E-state index is -0.615. The van der Waals surface area contributed by atoms with E-state index in [4.69, 9.17) is 5.10 Å². The van der Waals surface area contributed by atoms with E-state index in [2.05, 4.69) is 41.5 Å². The van der Waals surface area contributed by atoms with Gasteiger partial charge in [-0.25, -0.2) is 0 Å². The van der Waals surface area contributed by atoms with Crippen LogP contribution in [-0.4, -0.2) is 27.7 Å². The Hall–Kier alpha value is -3.49. The Morgan fingerprint density at radius 2 is 2.03 bits per heavy atom. The number of nitrogens with one attached hydrogen (secondary N) is 1. The number of nitrogens with zero attached hydrogens (tertiary/aromatic N) is 2. The summed E-state index contributed by atoms with van der Waals surface area (Å²) in [6.07, 6.45) is 5.12. The number of fused-ring (bicyclic) bond motifs is 3. The fourth-order valence-corrected chi connectivity index (χ4v) is 5.84. The predicted molar refractivity (Wildman–Crippen MR) is 126 cm³/mol. The van der Waals surface area contributed by atoms with E-state index >= 15 is 0 Å². The zero-order valence-corrected chi connectivity index (χ0v) is 18.7. The number of aliphatic hydroxyl groups is 1. The number of allylic oxidation sites excluding steroid dienone is 2. The van der Waals surface area contributed by atoms with Gasteiger partial charge >= 0.3 is 0 Å². The quantitative estimate of drug-likeness (QED) is 0.614. The van der Waals surface area contributed by atoms with Gasteiger partial charge in [-0.15, -0.1) is 0 Å². The lowest BCUT2D eigenvalue weighted by Crippen LogP contribution is -2.48. The molecular weight excluding hydrogens is 410 g/mol. The Kier molecular flexibility index (Phi) is 5.47. The number of carbonyl (C=O) groups excluding carboxylic acids is 1. The van der Waals surface area contributed by atoms with E-state index in [1.807, 2.05) is 37.3 Å². The molecule has 0 fully saturated rings. The third-order valence-electron chi connectivity index (χ3n) is 7.41. The fourth-order valence-electron chi connectivity index (χ4n) is 5.84. The molecule has 3 atom stereocenters. The molecule has 0 bridgehead atoms. The van der Waals surface area contributed by atoms with E-state index in [1.54, 1.807) is 0 Å². The third kappa shape index (κ3) is 3.34. The number of hydrogen-bond acceptors (Lipinski definition) is 4. The van der Waals surface area contributed by atoms with E-state index < -0.39 is 5.41 Å². The number of Topliss-reactive ketones (excluding diaryl/α,β-unsaturated/α-hetero) is 1.